The van der Waals surface area contributed by atoms with Crippen molar-refractivity contribution in [1.82, 2.24) is 4.90 Å². The number of aliphatic hydroxyl groups excluding tert-OH is 1. The summed E-state index contributed by atoms with van der Waals surface area (Å²) >= 11 is 1.16. The van der Waals surface area contributed by atoms with Crippen LogP contribution in [0.2, 0.25) is 0 Å². The Morgan fingerprint density at radius 1 is 1.03 bits per heavy atom. The Bertz CT molecular complexity index is 1220. The average molecular weight is 424 g/mol. The van der Waals surface area contributed by atoms with Gasteiger partial charge in [0.15, 0.2) is 5.78 Å². The molecule has 1 aromatic heterocycles. The first-order chi connectivity index (χ1) is 14.4. The molecular formula is C22H20N2O5S. The molecule has 5 N–H and O–H groups in total. The van der Waals surface area contributed by atoms with Crippen LogP contribution in [0.4, 0.5) is 0 Å². The number of phenolic OH excluding ortho intramolecular Hbond substituents is 2. The predicted octanol–water partition coefficient (Wildman–Crippen LogP) is 1.98. The van der Waals surface area contributed by atoms with Crippen molar-refractivity contribution < 1.29 is 24.9 Å². The van der Waals surface area contributed by atoms with Crippen LogP contribution < -0.4 is 5.73 Å². The zero-order chi connectivity index (χ0) is 21.2. The van der Waals surface area contributed by atoms with E-state index >= 15 is 0 Å². The molecule has 1 aliphatic carbocycles. The zero-order valence-electron chi connectivity index (χ0n) is 16.0. The number of nitrogens with zero attached hydrogens (tertiary/aromatic N) is 1. The summed E-state index contributed by atoms with van der Waals surface area (Å²) in [4.78, 5) is 28.9. The van der Waals surface area contributed by atoms with Crippen molar-refractivity contribution in [3.05, 3.63) is 56.8 Å². The molecule has 7 nitrogen and oxygen atoms in total. The summed E-state index contributed by atoms with van der Waals surface area (Å²) in [5.74, 6) is -1.52. The SMILES string of the molecule is N[C@H]1C[C@@H](CO)N(Cc2csc3c2C(=O)c2c(c(O)c4ccccc4c2O)C3=O)C1. The lowest BCUT2D eigenvalue weighted by Gasteiger charge is -2.24. The first-order valence-electron chi connectivity index (χ1n) is 9.69. The van der Waals surface area contributed by atoms with Gasteiger partial charge in [0.25, 0.3) is 0 Å². The van der Waals surface area contributed by atoms with E-state index in [1.807, 2.05) is 4.90 Å². The van der Waals surface area contributed by atoms with E-state index in [4.69, 9.17) is 5.73 Å². The van der Waals surface area contributed by atoms with Crippen molar-refractivity contribution in [2.75, 3.05) is 13.2 Å². The predicted molar refractivity (Wildman–Crippen MR) is 112 cm³/mol. The zero-order valence-corrected chi connectivity index (χ0v) is 16.8. The maximum Gasteiger partial charge on any atom is 0.208 e. The molecular weight excluding hydrogens is 404 g/mol. The van der Waals surface area contributed by atoms with Gasteiger partial charge < -0.3 is 21.1 Å². The number of fused-ring (bicyclic) bond motifs is 3. The maximum atomic E-state index is 13.4. The number of nitrogens with two attached hydrogens (primary N) is 1. The Morgan fingerprint density at radius 2 is 1.67 bits per heavy atom. The van der Waals surface area contributed by atoms with Crippen LogP contribution >= 0.6 is 11.3 Å². The van der Waals surface area contributed by atoms with Crippen LogP contribution in [-0.4, -0.2) is 57.0 Å². The van der Waals surface area contributed by atoms with Gasteiger partial charge in [-0.3, -0.25) is 14.5 Å². The summed E-state index contributed by atoms with van der Waals surface area (Å²) in [7, 11) is 0. The molecule has 0 bridgehead atoms. The molecule has 1 fully saturated rings. The number of likely N-dealkylation sites (tertiary alicyclic amines) is 1. The average Bonchev–Trinajstić information content (AvgIpc) is 3.32. The molecule has 0 spiro atoms. The summed E-state index contributed by atoms with van der Waals surface area (Å²) in [6.45, 7) is 0.932. The van der Waals surface area contributed by atoms with Crippen LogP contribution in [0.5, 0.6) is 11.5 Å². The quantitative estimate of drug-likeness (QED) is 0.371. The number of ketones is 2. The fourth-order valence-electron chi connectivity index (χ4n) is 4.63. The molecule has 0 radical (unpaired) electrons. The van der Waals surface area contributed by atoms with Crippen LogP contribution in [0.25, 0.3) is 10.8 Å². The highest BCUT2D eigenvalue weighted by atomic mass is 32.1. The van der Waals surface area contributed by atoms with Crippen LogP contribution in [0, 0.1) is 0 Å². The molecule has 3 aromatic rings. The van der Waals surface area contributed by atoms with Crippen molar-refractivity contribution >= 4 is 33.7 Å². The van der Waals surface area contributed by atoms with Gasteiger partial charge in [-0.25, -0.2) is 0 Å². The molecule has 30 heavy (non-hydrogen) atoms. The first-order valence-corrected chi connectivity index (χ1v) is 10.6. The van der Waals surface area contributed by atoms with E-state index in [0.717, 1.165) is 11.3 Å². The fraction of sp³-hybridized carbons (Fsp3) is 0.273. The van der Waals surface area contributed by atoms with Crippen molar-refractivity contribution in [1.29, 1.82) is 0 Å². The Balaban J connectivity index is 1.64. The van der Waals surface area contributed by atoms with Gasteiger partial charge in [0.05, 0.1) is 22.6 Å². The molecule has 0 saturated carbocycles. The Labute approximate surface area is 176 Å². The largest absolute Gasteiger partial charge is 0.506 e. The Kier molecular flexibility index (Phi) is 4.41. The number of rotatable bonds is 3. The second-order valence-corrected chi connectivity index (χ2v) is 8.76. The number of thiophene rings is 1. The number of aromatic hydroxyl groups is 2. The molecule has 1 saturated heterocycles. The minimum Gasteiger partial charge on any atom is -0.506 e. The molecule has 154 valence electrons. The highest BCUT2D eigenvalue weighted by molar-refractivity contribution is 7.13. The Morgan fingerprint density at radius 3 is 2.30 bits per heavy atom. The van der Waals surface area contributed by atoms with E-state index in [1.54, 1.807) is 29.6 Å². The van der Waals surface area contributed by atoms with Gasteiger partial charge in [-0.05, 0) is 17.4 Å². The number of aliphatic hydroxyl groups is 1. The summed E-state index contributed by atoms with van der Waals surface area (Å²) < 4.78 is 0. The number of phenols is 2. The van der Waals surface area contributed by atoms with E-state index in [2.05, 4.69) is 0 Å². The molecule has 0 amide bonds. The number of carbonyl (C=O) groups is 2. The summed E-state index contributed by atoms with van der Waals surface area (Å²) in [6.07, 6.45) is 0.666. The molecule has 0 unspecified atom stereocenters. The lowest BCUT2D eigenvalue weighted by molar-refractivity contribution is 0.0975. The van der Waals surface area contributed by atoms with Gasteiger partial charge in [0, 0.05) is 41.5 Å². The summed E-state index contributed by atoms with van der Waals surface area (Å²) in [5, 5.41) is 33.6. The Hall–Kier alpha value is -2.78. The van der Waals surface area contributed by atoms with Gasteiger partial charge in [-0.1, -0.05) is 24.3 Å². The third-order valence-corrected chi connectivity index (χ3v) is 7.09. The molecule has 2 aromatic carbocycles. The van der Waals surface area contributed by atoms with Gasteiger partial charge >= 0.3 is 0 Å². The van der Waals surface area contributed by atoms with Crippen molar-refractivity contribution in [2.45, 2.75) is 25.0 Å². The number of benzene rings is 2. The highest BCUT2D eigenvalue weighted by Crippen LogP contribution is 2.46. The number of hydrogen-bond acceptors (Lipinski definition) is 8. The van der Waals surface area contributed by atoms with Gasteiger partial charge in [0.2, 0.25) is 5.78 Å². The molecule has 2 atom stereocenters. The lowest BCUT2D eigenvalue weighted by Crippen LogP contribution is -2.33. The van der Waals surface area contributed by atoms with Crippen molar-refractivity contribution in [3.63, 3.8) is 0 Å². The van der Waals surface area contributed by atoms with Crippen LogP contribution in [-0.2, 0) is 6.54 Å². The van der Waals surface area contributed by atoms with Crippen LogP contribution in [0.3, 0.4) is 0 Å². The van der Waals surface area contributed by atoms with Gasteiger partial charge in [-0.2, -0.15) is 0 Å². The number of carbonyl (C=O) groups excluding carboxylic acids is 2. The molecule has 5 rings (SSSR count). The highest BCUT2D eigenvalue weighted by Gasteiger charge is 2.40. The number of hydrogen-bond donors (Lipinski definition) is 4. The molecule has 2 heterocycles. The fourth-order valence-corrected chi connectivity index (χ4v) is 5.64. The molecule has 8 heteroatoms. The maximum absolute atomic E-state index is 13.4. The third-order valence-electron chi connectivity index (χ3n) is 6.06. The van der Waals surface area contributed by atoms with Gasteiger partial charge in [0.1, 0.15) is 11.5 Å². The monoisotopic (exact) mass is 424 g/mol. The minimum atomic E-state index is -0.474. The van der Waals surface area contributed by atoms with Gasteiger partial charge in [-0.15, -0.1) is 11.3 Å². The lowest BCUT2D eigenvalue weighted by atomic mass is 9.83. The van der Waals surface area contributed by atoms with Crippen LogP contribution in [0.15, 0.2) is 29.6 Å². The third kappa shape index (κ3) is 2.61. The summed E-state index contributed by atoms with van der Waals surface area (Å²) in [6, 6.07) is 6.43. The standard InChI is InChI=1S/C22H20N2O5S/c23-11-5-12(8-25)24(7-11)6-10-9-30-22-15(10)20(28)16-17(21(22)29)19(27)14-4-2-1-3-13(14)18(16)26/h1-4,9,11-12,25-27H,5-8,23H2/t11-,12-/m0/s1. The van der Waals surface area contributed by atoms with Crippen molar-refractivity contribution in [2.24, 2.45) is 5.73 Å². The van der Waals surface area contributed by atoms with E-state index < -0.39 is 11.6 Å². The molecule has 2 aliphatic rings. The molecule has 1 aliphatic heterocycles. The van der Waals surface area contributed by atoms with E-state index in [1.165, 1.54) is 0 Å². The topological polar surface area (TPSA) is 124 Å². The van der Waals surface area contributed by atoms with E-state index in [9.17, 15) is 24.9 Å². The summed E-state index contributed by atoms with van der Waals surface area (Å²) in [5.41, 5.74) is 6.66. The van der Waals surface area contributed by atoms with Crippen LogP contribution in [0.1, 0.15) is 43.1 Å². The normalized spacial score (nSPS) is 21.3. The first kappa shape index (κ1) is 19.2. The minimum absolute atomic E-state index is 0.0314. The van der Waals surface area contributed by atoms with Crippen molar-refractivity contribution in [3.8, 4) is 11.5 Å². The second kappa shape index (κ2) is 6.88. The second-order valence-electron chi connectivity index (χ2n) is 7.88. The smallest absolute Gasteiger partial charge is 0.208 e. The van der Waals surface area contributed by atoms with E-state index in [-0.39, 0.29) is 51.8 Å². The van der Waals surface area contributed by atoms with E-state index in [0.29, 0.717) is 35.8 Å².